The number of rotatable bonds is 6. The van der Waals surface area contributed by atoms with Crippen molar-refractivity contribution in [3.05, 3.63) is 93.4 Å². The number of carbonyl (C=O) groups is 2. The molecule has 0 unspecified atom stereocenters. The Morgan fingerprint density at radius 2 is 1.83 bits per heavy atom. The summed E-state index contributed by atoms with van der Waals surface area (Å²) in [7, 11) is 0. The van der Waals surface area contributed by atoms with Crippen molar-refractivity contribution in [1.29, 1.82) is 0 Å². The molecular weight excluding hydrogens is 388 g/mol. The lowest BCUT2D eigenvalue weighted by Gasteiger charge is -2.22. The average molecular weight is 406 g/mol. The highest BCUT2D eigenvalue weighted by atomic mass is 16.6. The summed E-state index contributed by atoms with van der Waals surface area (Å²) >= 11 is 0. The van der Waals surface area contributed by atoms with Crippen LogP contribution in [-0.2, 0) is 16.9 Å². The van der Waals surface area contributed by atoms with Gasteiger partial charge in [0.1, 0.15) is 5.76 Å². The van der Waals surface area contributed by atoms with Crippen LogP contribution < -0.4 is 4.90 Å². The van der Waals surface area contributed by atoms with Gasteiger partial charge >= 0.3 is 0 Å². The van der Waals surface area contributed by atoms with Crippen LogP contribution in [0, 0.1) is 17.0 Å². The molecule has 2 aromatic carbocycles. The molecule has 1 amide bonds. The van der Waals surface area contributed by atoms with Crippen molar-refractivity contribution in [2.24, 2.45) is 0 Å². The highest BCUT2D eigenvalue weighted by molar-refractivity contribution is 6.10. The van der Waals surface area contributed by atoms with E-state index < -0.39 is 28.6 Å². The number of nitro groups is 1. The number of nitrogens with zero attached hydrogens (tertiary/aromatic N) is 2. The molecule has 8 nitrogen and oxygen atoms in total. The van der Waals surface area contributed by atoms with E-state index in [1.807, 2.05) is 0 Å². The molecule has 4 rings (SSSR count). The Hall–Kier alpha value is -3.78. The number of fused-ring (bicyclic) bond motifs is 1. The number of furan rings is 1. The number of amides is 1. The van der Waals surface area contributed by atoms with Gasteiger partial charge in [0, 0.05) is 17.7 Å². The zero-order valence-corrected chi connectivity index (χ0v) is 16.1. The summed E-state index contributed by atoms with van der Waals surface area (Å²) in [5.74, 6) is -0.465. The molecule has 30 heavy (non-hydrogen) atoms. The molecule has 0 radical (unpaired) electrons. The summed E-state index contributed by atoms with van der Waals surface area (Å²) in [4.78, 5) is 37.6. The van der Waals surface area contributed by atoms with Crippen LogP contribution in [-0.4, -0.2) is 21.7 Å². The van der Waals surface area contributed by atoms with Crippen LogP contribution in [0.25, 0.3) is 0 Å². The number of nitro benzene ring substituents is 1. The number of non-ortho nitro benzene ring substituents is 1. The van der Waals surface area contributed by atoms with Gasteiger partial charge in [-0.25, -0.2) is 0 Å². The molecule has 2 heterocycles. The predicted octanol–water partition coefficient (Wildman–Crippen LogP) is 3.50. The summed E-state index contributed by atoms with van der Waals surface area (Å²) in [5, 5.41) is 22.1. The van der Waals surface area contributed by atoms with Crippen molar-refractivity contribution < 1.29 is 24.0 Å². The first kappa shape index (κ1) is 19.5. The van der Waals surface area contributed by atoms with Crippen molar-refractivity contribution in [2.45, 2.75) is 25.5 Å². The van der Waals surface area contributed by atoms with E-state index >= 15 is 0 Å². The van der Waals surface area contributed by atoms with Crippen molar-refractivity contribution in [2.75, 3.05) is 4.90 Å². The van der Waals surface area contributed by atoms with Crippen molar-refractivity contribution >= 4 is 23.1 Å². The number of carbonyl (C=O) groups excluding carboxylic acids is 2. The minimum Gasteiger partial charge on any atom is -0.458 e. The highest BCUT2D eigenvalue weighted by Crippen LogP contribution is 2.43. The largest absolute Gasteiger partial charge is 0.458 e. The first-order valence-corrected chi connectivity index (χ1v) is 9.26. The van der Waals surface area contributed by atoms with Gasteiger partial charge in [-0.05, 0) is 30.7 Å². The Kier molecular flexibility index (Phi) is 4.71. The minimum atomic E-state index is -2.02. The highest BCUT2D eigenvalue weighted by Gasteiger charge is 2.51. The molecule has 0 aliphatic carbocycles. The van der Waals surface area contributed by atoms with Crippen molar-refractivity contribution in [1.82, 2.24) is 0 Å². The minimum absolute atomic E-state index is 0.0530. The van der Waals surface area contributed by atoms with E-state index in [1.54, 1.807) is 49.4 Å². The maximum absolute atomic E-state index is 13.2. The molecule has 0 fully saturated rings. The molecule has 3 aromatic rings. The Balaban J connectivity index is 1.65. The number of para-hydroxylation sites is 1. The molecule has 1 atom stereocenters. The van der Waals surface area contributed by atoms with E-state index in [1.165, 1.54) is 23.1 Å². The quantitative estimate of drug-likeness (QED) is 0.381. The molecule has 1 aliphatic heterocycles. The van der Waals surface area contributed by atoms with Crippen LogP contribution in [0.4, 0.5) is 11.4 Å². The molecule has 152 valence electrons. The molecule has 0 bridgehead atoms. The number of hydrogen-bond acceptors (Lipinski definition) is 6. The predicted molar refractivity (Wildman–Crippen MR) is 107 cm³/mol. The zero-order valence-electron chi connectivity index (χ0n) is 16.1. The van der Waals surface area contributed by atoms with Gasteiger partial charge in [0.15, 0.2) is 11.4 Å². The number of anilines is 1. The lowest BCUT2D eigenvalue weighted by molar-refractivity contribution is -0.384. The zero-order chi connectivity index (χ0) is 21.5. The van der Waals surface area contributed by atoms with Crippen LogP contribution >= 0.6 is 0 Å². The maximum Gasteiger partial charge on any atom is 0.269 e. The summed E-state index contributed by atoms with van der Waals surface area (Å²) in [6, 6.07) is 15.7. The smallest absolute Gasteiger partial charge is 0.269 e. The summed E-state index contributed by atoms with van der Waals surface area (Å²) in [6.45, 7) is 1.80. The summed E-state index contributed by atoms with van der Waals surface area (Å²) in [5.41, 5.74) is -0.584. The van der Waals surface area contributed by atoms with Gasteiger partial charge in [0.05, 0.1) is 23.6 Å². The van der Waals surface area contributed by atoms with Crippen molar-refractivity contribution in [3.8, 4) is 0 Å². The van der Waals surface area contributed by atoms with Crippen molar-refractivity contribution in [3.63, 3.8) is 0 Å². The van der Waals surface area contributed by atoms with Crippen LogP contribution in [0.15, 0.2) is 65.1 Å². The van der Waals surface area contributed by atoms with Gasteiger partial charge in [0.2, 0.25) is 5.78 Å². The second kappa shape index (κ2) is 7.23. The standard InChI is InChI=1S/C22H18N2O6/c1-14-6-11-20(30-14)19(25)12-22(27)17-4-2-3-5-18(17)23(21(22)26)13-15-7-9-16(10-8-15)24(28)29/h2-11,27H,12-13H2,1H3/t22-/m0/s1. The maximum atomic E-state index is 13.2. The number of Topliss-reactive ketones (excluding diaryl/α,β-unsaturated/α-hetero) is 1. The molecule has 0 saturated heterocycles. The first-order chi connectivity index (χ1) is 14.3. The van der Waals surface area contributed by atoms with E-state index in [2.05, 4.69) is 0 Å². The van der Waals surface area contributed by atoms with E-state index in [0.29, 0.717) is 22.6 Å². The number of hydrogen-bond donors (Lipinski definition) is 1. The number of aryl methyl sites for hydroxylation is 1. The Labute approximate surface area is 171 Å². The molecule has 1 N–H and O–H groups in total. The Bertz CT molecular complexity index is 1150. The fourth-order valence-corrected chi connectivity index (χ4v) is 3.64. The summed E-state index contributed by atoms with van der Waals surface area (Å²) in [6.07, 6.45) is -0.452. The normalized spacial score (nSPS) is 17.8. The monoisotopic (exact) mass is 406 g/mol. The van der Waals surface area contributed by atoms with Gasteiger partial charge < -0.3 is 14.4 Å². The third kappa shape index (κ3) is 3.27. The Morgan fingerprint density at radius 3 is 2.47 bits per heavy atom. The van der Waals surface area contributed by atoms with Gasteiger partial charge in [-0.15, -0.1) is 0 Å². The van der Waals surface area contributed by atoms with Gasteiger partial charge in [-0.2, -0.15) is 0 Å². The second-order valence-electron chi connectivity index (χ2n) is 7.20. The SMILES string of the molecule is Cc1ccc(C(=O)C[C@@]2(O)C(=O)N(Cc3ccc([N+](=O)[O-])cc3)c3ccccc32)o1. The lowest BCUT2D eigenvalue weighted by Crippen LogP contribution is -2.41. The van der Waals surface area contributed by atoms with E-state index in [-0.39, 0.29) is 18.0 Å². The van der Waals surface area contributed by atoms with E-state index in [4.69, 9.17) is 4.42 Å². The fourth-order valence-electron chi connectivity index (χ4n) is 3.64. The topological polar surface area (TPSA) is 114 Å². The van der Waals surface area contributed by atoms with Gasteiger partial charge in [0.25, 0.3) is 11.6 Å². The summed E-state index contributed by atoms with van der Waals surface area (Å²) < 4.78 is 5.34. The third-order valence-corrected chi connectivity index (χ3v) is 5.16. The van der Waals surface area contributed by atoms with Crippen LogP contribution in [0.1, 0.15) is 33.9 Å². The second-order valence-corrected chi connectivity index (χ2v) is 7.20. The van der Waals surface area contributed by atoms with Gasteiger partial charge in [-0.3, -0.25) is 19.7 Å². The first-order valence-electron chi connectivity index (χ1n) is 9.26. The van der Waals surface area contributed by atoms with Crippen LogP contribution in [0.5, 0.6) is 0 Å². The third-order valence-electron chi connectivity index (χ3n) is 5.16. The fraction of sp³-hybridized carbons (Fsp3) is 0.182. The average Bonchev–Trinajstić information content (AvgIpc) is 3.25. The number of benzene rings is 2. The molecule has 1 aliphatic rings. The van der Waals surface area contributed by atoms with Gasteiger partial charge in [-0.1, -0.05) is 30.3 Å². The van der Waals surface area contributed by atoms with E-state index in [9.17, 15) is 24.8 Å². The van der Waals surface area contributed by atoms with Crippen LogP contribution in [0.2, 0.25) is 0 Å². The molecular formula is C22H18N2O6. The molecule has 1 aromatic heterocycles. The lowest BCUT2D eigenvalue weighted by atomic mass is 9.89. The molecule has 8 heteroatoms. The molecule has 0 spiro atoms. The van der Waals surface area contributed by atoms with Crippen LogP contribution in [0.3, 0.4) is 0 Å². The van der Waals surface area contributed by atoms with E-state index in [0.717, 1.165) is 0 Å². The Morgan fingerprint density at radius 1 is 1.13 bits per heavy atom. The number of aliphatic hydroxyl groups is 1. The number of ketones is 1. The molecule has 0 saturated carbocycles.